The number of thioether (sulfide) groups is 1. The van der Waals surface area contributed by atoms with E-state index in [1.807, 2.05) is 0 Å². The molecule has 1 aromatic heterocycles. The first-order valence-electron chi connectivity index (χ1n) is 6.91. The van der Waals surface area contributed by atoms with Gasteiger partial charge in [-0.1, -0.05) is 11.8 Å². The van der Waals surface area contributed by atoms with Gasteiger partial charge in [-0.2, -0.15) is 0 Å². The van der Waals surface area contributed by atoms with Crippen LogP contribution in [0.1, 0.15) is 30.2 Å². The largest absolute Gasteiger partial charge is 0.462 e. The van der Waals surface area contributed by atoms with Crippen molar-refractivity contribution in [3.8, 4) is 0 Å². The van der Waals surface area contributed by atoms with Crippen LogP contribution in [0.2, 0.25) is 0 Å². The summed E-state index contributed by atoms with van der Waals surface area (Å²) in [7, 11) is 0. The zero-order chi connectivity index (χ0) is 16.9. The maximum absolute atomic E-state index is 14.1. The van der Waals surface area contributed by atoms with E-state index in [2.05, 4.69) is 0 Å². The molecular formula is C15H12ClF2NO3S. The van der Waals surface area contributed by atoms with E-state index in [1.165, 1.54) is 10.8 Å². The van der Waals surface area contributed by atoms with Crippen molar-refractivity contribution in [1.82, 2.24) is 4.57 Å². The molecule has 0 fully saturated rings. The van der Waals surface area contributed by atoms with Gasteiger partial charge in [0, 0.05) is 6.20 Å². The zero-order valence-corrected chi connectivity index (χ0v) is 13.8. The van der Waals surface area contributed by atoms with Crippen molar-refractivity contribution in [3.05, 3.63) is 39.7 Å². The van der Waals surface area contributed by atoms with Gasteiger partial charge in [-0.25, -0.2) is 13.6 Å². The van der Waals surface area contributed by atoms with Gasteiger partial charge in [0.1, 0.15) is 10.3 Å². The Labute approximate surface area is 139 Å². The van der Waals surface area contributed by atoms with E-state index < -0.39 is 27.7 Å². The summed E-state index contributed by atoms with van der Waals surface area (Å²) >= 11 is 7.16. The second-order valence-electron chi connectivity index (χ2n) is 5.11. The molecule has 0 saturated carbocycles. The number of alkyl halides is 1. The number of carbonyl (C=O) groups excluding carboxylic acids is 1. The van der Waals surface area contributed by atoms with Crippen LogP contribution in [0.25, 0.3) is 10.9 Å². The number of aromatic nitrogens is 1. The fraction of sp³-hybridized carbons (Fsp3) is 0.333. The Kier molecular flexibility index (Phi) is 4.10. The van der Waals surface area contributed by atoms with E-state index >= 15 is 0 Å². The molecule has 0 spiro atoms. The van der Waals surface area contributed by atoms with Gasteiger partial charge in [0.05, 0.1) is 28.4 Å². The third-order valence-corrected chi connectivity index (χ3v) is 5.57. The first-order valence-corrected chi connectivity index (χ1v) is 8.23. The Balaban J connectivity index is 2.43. The van der Waals surface area contributed by atoms with Gasteiger partial charge in [-0.05, 0) is 19.9 Å². The Morgan fingerprint density at radius 3 is 2.83 bits per heavy atom. The molecule has 2 unspecified atom stereocenters. The number of rotatable bonds is 2. The van der Waals surface area contributed by atoms with Crippen LogP contribution in [0.3, 0.4) is 0 Å². The second-order valence-corrected chi connectivity index (χ2v) is 6.99. The number of carbonyl (C=O) groups is 1. The summed E-state index contributed by atoms with van der Waals surface area (Å²) in [5, 5.41) is -0.0626. The van der Waals surface area contributed by atoms with E-state index in [1.54, 1.807) is 13.8 Å². The predicted octanol–water partition coefficient (Wildman–Crippen LogP) is 3.69. The minimum absolute atomic E-state index is 0.0226. The highest BCUT2D eigenvalue weighted by molar-refractivity contribution is 8.01. The average molecular weight is 360 g/mol. The monoisotopic (exact) mass is 359 g/mol. The van der Waals surface area contributed by atoms with Crippen LogP contribution < -0.4 is 5.43 Å². The van der Waals surface area contributed by atoms with E-state index in [0.29, 0.717) is 0 Å². The van der Waals surface area contributed by atoms with Crippen LogP contribution >= 0.6 is 23.4 Å². The third kappa shape index (κ3) is 2.42. The molecule has 2 aromatic rings. The smallest absolute Gasteiger partial charge is 0.343 e. The Bertz CT molecular complexity index is 883. The predicted molar refractivity (Wildman–Crippen MR) is 84.3 cm³/mol. The molecule has 0 N–H and O–H groups in total. The van der Waals surface area contributed by atoms with Crippen molar-refractivity contribution in [1.29, 1.82) is 0 Å². The molecule has 2 atom stereocenters. The summed E-state index contributed by atoms with van der Waals surface area (Å²) in [5.41, 5.74) is -0.661. The Morgan fingerprint density at radius 1 is 1.48 bits per heavy atom. The van der Waals surface area contributed by atoms with Gasteiger partial charge < -0.3 is 9.30 Å². The molecule has 8 heteroatoms. The number of halogens is 3. The highest BCUT2D eigenvalue weighted by Gasteiger charge is 2.32. The summed E-state index contributed by atoms with van der Waals surface area (Å²) in [4.78, 5) is 24.5. The maximum atomic E-state index is 14.1. The molecule has 0 saturated heterocycles. The number of benzene rings is 1. The zero-order valence-electron chi connectivity index (χ0n) is 12.2. The summed E-state index contributed by atoms with van der Waals surface area (Å²) in [5.74, 6) is -2.99. The van der Waals surface area contributed by atoms with E-state index in [9.17, 15) is 18.4 Å². The number of nitrogens with zero attached hydrogens (tertiary/aromatic N) is 1. The molecule has 0 aliphatic carbocycles. The van der Waals surface area contributed by atoms with Crippen molar-refractivity contribution in [2.45, 2.75) is 29.5 Å². The molecular weight excluding hydrogens is 348 g/mol. The lowest BCUT2D eigenvalue weighted by Gasteiger charge is -2.30. The quantitative estimate of drug-likeness (QED) is 0.606. The standard InChI is InChI=1S/C15H12ClF2NO3S/c1-3-22-15(21)8-5-19-6(2)14(16)23-13-10(18)9(17)4-7(11(13)19)12(8)20/h4-6,14H,3H2,1-2H3. The first kappa shape index (κ1) is 16.3. The van der Waals surface area contributed by atoms with Crippen molar-refractivity contribution in [2.24, 2.45) is 0 Å². The third-order valence-electron chi connectivity index (χ3n) is 3.71. The molecule has 122 valence electrons. The van der Waals surface area contributed by atoms with Gasteiger partial charge in [0.15, 0.2) is 11.6 Å². The lowest BCUT2D eigenvalue weighted by atomic mass is 10.1. The number of ether oxygens (including phenoxy) is 1. The molecule has 2 heterocycles. The van der Waals surface area contributed by atoms with E-state index in [4.69, 9.17) is 16.3 Å². The number of pyridine rings is 1. The van der Waals surface area contributed by atoms with Gasteiger partial charge in [-0.15, -0.1) is 11.6 Å². The minimum atomic E-state index is -1.15. The fourth-order valence-corrected chi connectivity index (χ4v) is 4.02. The van der Waals surface area contributed by atoms with Crippen molar-refractivity contribution >= 4 is 40.2 Å². The SMILES string of the molecule is CCOC(=O)c1cn2c3c(c(F)c(F)cc3c1=O)SC(Cl)C2C. The van der Waals surface area contributed by atoms with Crippen LogP contribution in [0.5, 0.6) is 0 Å². The van der Waals surface area contributed by atoms with E-state index in [0.717, 1.165) is 17.8 Å². The summed E-state index contributed by atoms with van der Waals surface area (Å²) in [6, 6.07) is 0.493. The lowest BCUT2D eigenvalue weighted by Crippen LogP contribution is -2.27. The van der Waals surface area contributed by atoms with Gasteiger partial charge in [0.2, 0.25) is 5.43 Å². The van der Waals surface area contributed by atoms with Crippen molar-refractivity contribution in [3.63, 3.8) is 0 Å². The van der Waals surface area contributed by atoms with E-state index in [-0.39, 0.29) is 34.0 Å². The minimum Gasteiger partial charge on any atom is -0.462 e. The fourth-order valence-electron chi connectivity index (χ4n) is 2.55. The highest BCUT2D eigenvalue weighted by Crippen LogP contribution is 2.44. The van der Waals surface area contributed by atoms with Crippen LogP contribution in [-0.2, 0) is 4.74 Å². The molecule has 0 bridgehead atoms. The van der Waals surface area contributed by atoms with Gasteiger partial charge in [0.25, 0.3) is 0 Å². The topological polar surface area (TPSA) is 48.3 Å². The van der Waals surface area contributed by atoms with Crippen LogP contribution in [-0.4, -0.2) is 21.9 Å². The maximum Gasteiger partial charge on any atom is 0.343 e. The molecule has 1 aliphatic rings. The number of hydrogen-bond acceptors (Lipinski definition) is 4. The van der Waals surface area contributed by atoms with Crippen molar-refractivity contribution < 1.29 is 18.3 Å². The summed E-state index contributed by atoms with van der Waals surface area (Å²) < 4.78 is 33.8. The summed E-state index contributed by atoms with van der Waals surface area (Å²) in [6.07, 6.45) is 1.31. The Hall–Kier alpha value is -1.60. The molecule has 1 aliphatic heterocycles. The molecule has 0 amide bonds. The average Bonchev–Trinajstić information content (AvgIpc) is 2.51. The Morgan fingerprint density at radius 2 is 2.17 bits per heavy atom. The number of esters is 1. The van der Waals surface area contributed by atoms with Crippen LogP contribution in [0.4, 0.5) is 8.78 Å². The number of hydrogen-bond donors (Lipinski definition) is 0. The van der Waals surface area contributed by atoms with Crippen LogP contribution in [0, 0.1) is 11.6 Å². The highest BCUT2D eigenvalue weighted by atomic mass is 35.5. The summed E-state index contributed by atoms with van der Waals surface area (Å²) in [6.45, 7) is 3.48. The first-order chi connectivity index (χ1) is 10.9. The molecule has 3 rings (SSSR count). The molecule has 4 nitrogen and oxygen atoms in total. The lowest BCUT2D eigenvalue weighted by molar-refractivity contribution is 0.0524. The molecule has 1 aromatic carbocycles. The van der Waals surface area contributed by atoms with Crippen molar-refractivity contribution in [2.75, 3.05) is 6.61 Å². The molecule has 0 radical (unpaired) electrons. The second kappa shape index (κ2) is 5.79. The molecule has 23 heavy (non-hydrogen) atoms. The van der Waals surface area contributed by atoms with Gasteiger partial charge in [-0.3, -0.25) is 4.79 Å². The van der Waals surface area contributed by atoms with Gasteiger partial charge >= 0.3 is 5.97 Å². The van der Waals surface area contributed by atoms with Crippen LogP contribution in [0.15, 0.2) is 22.0 Å². The normalized spacial score (nSPS) is 19.9.